The molecule has 0 atom stereocenters. The highest BCUT2D eigenvalue weighted by Gasteiger charge is 2.26. The van der Waals surface area contributed by atoms with Crippen molar-refractivity contribution >= 4 is 39.3 Å². The summed E-state index contributed by atoms with van der Waals surface area (Å²) in [6.07, 6.45) is 6.59. The van der Waals surface area contributed by atoms with Crippen molar-refractivity contribution in [3.05, 3.63) is 40.0 Å². The third kappa shape index (κ3) is 3.72. The SMILES string of the molecule is CN(c1ncc(Cl)cn1)C1CCN(c2ncc(Br)cc2F)CC1. The van der Waals surface area contributed by atoms with Crippen LogP contribution in [0.3, 0.4) is 0 Å². The molecule has 0 aromatic carbocycles. The van der Waals surface area contributed by atoms with E-state index < -0.39 is 0 Å². The maximum absolute atomic E-state index is 14.0. The van der Waals surface area contributed by atoms with Gasteiger partial charge in [-0.05, 0) is 34.8 Å². The van der Waals surface area contributed by atoms with Gasteiger partial charge in [-0.25, -0.2) is 19.3 Å². The Hall–Kier alpha value is -1.47. The molecule has 0 amide bonds. The van der Waals surface area contributed by atoms with Gasteiger partial charge in [-0.1, -0.05) is 11.6 Å². The Bertz CT molecular complexity index is 676. The number of anilines is 2. The molecule has 0 saturated carbocycles. The third-order valence-corrected chi connectivity index (χ3v) is 4.65. The summed E-state index contributed by atoms with van der Waals surface area (Å²) < 4.78 is 14.7. The Kier molecular flexibility index (Phi) is 4.96. The van der Waals surface area contributed by atoms with Gasteiger partial charge in [0.15, 0.2) is 11.6 Å². The second kappa shape index (κ2) is 6.97. The molecule has 1 saturated heterocycles. The van der Waals surface area contributed by atoms with Gasteiger partial charge in [0.25, 0.3) is 0 Å². The molecule has 0 spiro atoms. The first kappa shape index (κ1) is 16.4. The minimum absolute atomic E-state index is 0.299. The Morgan fingerprint density at radius 3 is 2.48 bits per heavy atom. The molecular formula is C15H16BrClFN5. The standard InChI is InChI=1S/C15H16BrClFN5/c1-22(15-20-8-11(17)9-21-15)12-2-4-23(5-3-12)14-13(18)6-10(16)7-19-14/h6-9,12H,2-5H2,1H3. The summed E-state index contributed by atoms with van der Waals surface area (Å²) in [5, 5.41) is 0.522. The minimum atomic E-state index is -0.299. The quantitative estimate of drug-likeness (QED) is 0.789. The van der Waals surface area contributed by atoms with Gasteiger partial charge in [0.1, 0.15) is 0 Å². The van der Waals surface area contributed by atoms with Crippen molar-refractivity contribution in [3.63, 3.8) is 0 Å². The van der Waals surface area contributed by atoms with E-state index >= 15 is 0 Å². The molecular weight excluding hydrogens is 385 g/mol. The molecule has 0 aliphatic carbocycles. The number of pyridine rings is 1. The van der Waals surface area contributed by atoms with Crippen LogP contribution < -0.4 is 9.80 Å². The van der Waals surface area contributed by atoms with E-state index in [4.69, 9.17) is 11.6 Å². The molecule has 5 nitrogen and oxygen atoms in total. The van der Waals surface area contributed by atoms with E-state index in [2.05, 4.69) is 35.8 Å². The molecule has 122 valence electrons. The van der Waals surface area contributed by atoms with Crippen molar-refractivity contribution in [2.24, 2.45) is 0 Å². The van der Waals surface area contributed by atoms with Crippen LogP contribution in [-0.4, -0.2) is 41.1 Å². The van der Waals surface area contributed by atoms with Crippen LogP contribution in [-0.2, 0) is 0 Å². The van der Waals surface area contributed by atoms with Gasteiger partial charge in [0, 0.05) is 36.8 Å². The zero-order valence-electron chi connectivity index (χ0n) is 12.6. The number of nitrogens with zero attached hydrogens (tertiary/aromatic N) is 5. The molecule has 8 heteroatoms. The Morgan fingerprint density at radius 1 is 1.22 bits per heavy atom. The third-order valence-electron chi connectivity index (χ3n) is 4.02. The topological polar surface area (TPSA) is 45.2 Å². The van der Waals surface area contributed by atoms with Crippen LogP contribution in [0.15, 0.2) is 29.1 Å². The van der Waals surface area contributed by atoms with Gasteiger partial charge in [-0.3, -0.25) is 0 Å². The fourth-order valence-corrected chi connectivity index (χ4v) is 3.16. The first-order chi connectivity index (χ1) is 11.0. The Morgan fingerprint density at radius 2 is 1.87 bits per heavy atom. The van der Waals surface area contributed by atoms with E-state index in [1.165, 1.54) is 6.07 Å². The lowest BCUT2D eigenvalue weighted by atomic mass is 10.0. The van der Waals surface area contributed by atoms with Crippen LogP contribution >= 0.6 is 27.5 Å². The van der Waals surface area contributed by atoms with Crippen LogP contribution in [0.4, 0.5) is 16.2 Å². The molecule has 0 unspecified atom stereocenters. The van der Waals surface area contributed by atoms with Crippen molar-refractivity contribution in [1.29, 1.82) is 0 Å². The molecule has 1 aliphatic rings. The number of rotatable bonds is 3. The van der Waals surface area contributed by atoms with Crippen LogP contribution in [0, 0.1) is 5.82 Å². The maximum atomic E-state index is 14.0. The average Bonchev–Trinajstić information content (AvgIpc) is 2.55. The van der Waals surface area contributed by atoms with Crippen molar-refractivity contribution < 1.29 is 4.39 Å². The number of hydrogen-bond donors (Lipinski definition) is 0. The second-order valence-electron chi connectivity index (χ2n) is 5.49. The molecule has 1 aliphatic heterocycles. The second-order valence-corrected chi connectivity index (χ2v) is 6.84. The van der Waals surface area contributed by atoms with E-state index in [9.17, 15) is 4.39 Å². The zero-order chi connectivity index (χ0) is 16.4. The number of hydrogen-bond acceptors (Lipinski definition) is 5. The largest absolute Gasteiger partial charge is 0.354 e. The predicted octanol–water partition coefficient (Wildman–Crippen LogP) is 3.53. The highest BCUT2D eigenvalue weighted by atomic mass is 79.9. The van der Waals surface area contributed by atoms with Crippen LogP contribution in [0.2, 0.25) is 5.02 Å². The van der Waals surface area contributed by atoms with Gasteiger partial charge < -0.3 is 9.80 Å². The van der Waals surface area contributed by atoms with E-state index in [1.807, 2.05) is 11.9 Å². The molecule has 0 N–H and O–H groups in total. The van der Waals surface area contributed by atoms with E-state index in [0.717, 1.165) is 25.9 Å². The molecule has 3 heterocycles. The monoisotopic (exact) mass is 399 g/mol. The van der Waals surface area contributed by atoms with Gasteiger partial charge >= 0.3 is 0 Å². The van der Waals surface area contributed by atoms with Gasteiger partial charge in [0.2, 0.25) is 5.95 Å². The summed E-state index contributed by atoms with van der Waals surface area (Å²) >= 11 is 9.05. The molecule has 2 aromatic rings. The molecule has 1 fully saturated rings. The van der Waals surface area contributed by atoms with Crippen molar-refractivity contribution in [3.8, 4) is 0 Å². The molecule has 0 radical (unpaired) electrons. The summed E-state index contributed by atoms with van der Waals surface area (Å²) in [5.41, 5.74) is 0. The lowest BCUT2D eigenvalue weighted by molar-refractivity contribution is 0.469. The molecule has 3 rings (SSSR count). The number of halogens is 3. The fraction of sp³-hybridized carbons (Fsp3) is 0.400. The summed E-state index contributed by atoms with van der Waals surface area (Å²) in [6.45, 7) is 1.49. The first-order valence-electron chi connectivity index (χ1n) is 7.31. The molecule has 2 aromatic heterocycles. The highest BCUT2D eigenvalue weighted by Crippen LogP contribution is 2.25. The fourth-order valence-electron chi connectivity index (χ4n) is 2.76. The van der Waals surface area contributed by atoms with Crippen molar-refractivity contribution in [2.45, 2.75) is 18.9 Å². The maximum Gasteiger partial charge on any atom is 0.225 e. The average molecular weight is 401 g/mol. The lowest BCUT2D eigenvalue weighted by Gasteiger charge is -2.37. The summed E-state index contributed by atoms with van der Waals surface area (Å²) in [5.74, 6) is 0.769. The molecule has 23 heavy (non-hydrogen) atoms. The molecule has 0 bridgehead atoms. The highest BCUT2D eigenvalue weighted by molar-refractivity contribution is 9.10. The van der Waals surface area contributed by atoms with Crippen LogP contribution in [0.1, 0.15) is 12.8 Å². The number of aromatic nitrogens is 3. The van der Waals surface area contributed by atoms with Crippen molar-refractivity contribution in [2.75, 3.05) is 29.9 Å². The zero-order valence-corrected chi connectivity index (χ0v) is 14.9. The predicted molar refractivity (Wildman–Crippen MR) is 92.6 cm³/mol. The van der Waals surface area contributed by atoms with E-state index in [1.54, 1.807) is 18.6 Å². The normalized spacial score (nSPS) is 15.7. The number of piperidine rings is 1. The summed E-state index contributed by atoms with van der Waals surface area (Å²) in [7, 11) is 1.97. The van der Waals surface area contributed by atoms with E-state index in [0.29, 0.717) is 27.3 Å². The van der Waals surface area contributed by atoms with Gasteiger partial charge in [0.05, 0.1) is 17.4 Å². The van der Waals surface area contributed by atoms with Gasteiger partial charge in [-0.2, -0.15) is 0 Å². The van der Waals surface area contributed by atoms with Crippen LogP contribution in [0.5, 0.6) is 0 Å². The van der Waals surface area contributed by atoms with Crippen LogP contribution in [0.25, 0.3) is 0 Å². The first-order valence-corrected chi connectivity index (χ1v) is 8.48. The smallest absolute Gasteiger partial charge is 0.225 e. The minimum Gasteiger partial charge on any atom is -0.354 e. The van der Waals surface area contributed by atoms with Gasteiger partial charge in [-0.15, -0.1) is 0 Å². The summed E-state index contributed by atoms with van der Waals surface area (Å²) in [6, 6.07) is 1.76. The van der Waals surface area contributed by atoms with Crippen molar-refractivity contribution in [1.82, 2.24) is 15.0 Å². The summed E-state index contributed by atoms with van der Waals surface area (Å²) in [4.78, 5) is 16.7. The Labute approximate surface area is 147 Å². The lowest BCUT2D eigenvalue weighted by Crippen LogP contribution is -2.44. The Balaban J connectivity index is 1.65. The van der Waals surface area contributed by atoms with E-state index in [-0.39, 0.29) is 5.82 Å².